The van der Waals surface area contributed by atoms with Gasteiger partial charge < -0.3 is 4.74 Å². The predicted molar refractivity (Wildman–Crippen MR) is 59.9 cm³/mol. The summed E-state index contributed by atoms with van der Waals surface area (Å²) in [6, 6.07) is 3.69. The SMILES string of the molecule is CC[s+]1cc(C#N)cc1C(=O)OC(C)C. The monoisotopic (exact) mass is 224 g/mol. The highest BCUT2D eigenvalue weighted by molar-refractivity contribution is 7.30. The van der Waals surface area contributed by atoms with E-state index in [0.29, 0.717) is 10.4 Å². The van der Waals surface area contributed by atoms with E-state index >= 15 is 0 Å². The molecule has 0 saturated carbocycles. The summed E-state index contributed by atoms with van der Waals surface area (Å²) in [5.74, 6) is 0.543. The number of carbonyl (C=O) groups excluding carboxylic acids is 1. The fourth-order valence-corrected chi connectivity index (χ4v) is 2.78. The molecule has 0 bridgehead atoms. The third kappa shape index (κ3) is 2.80. The highest BCUT2D eigenvalue weighted by Gasteiger charge is 2.24. The van der Waals surface area contributed by atoms with E-state index in [-0.39, 0.29) is 22.5 Å². The highest BCUT2D eigenvalue weighted by atomic mass is 32.2. The maximum atomic E-state index is 11.7. The van der Waals surface area contributed by atoms with Crippen molar-refractivity contribution in [3.05, 3.63) is 21.9 Å². The molecule has 0 aliphatic rings. The Kier molecular flexibility index (Phi) is 3.87. The topological polar surface area (TPSA) is 50.1 Å². The molecule has 1 aromatic rings. The van der Waals surface area contributed by atoms with Gasteiger partial charge in [0.25, 0.3) is 4.88 Å². The van der Waals surface area contributed by atoms with Crippen LogP contribution in [0.1, 0.15) is 36.0 Å². The minimum Gasteiger partial charge on any atom is -0.456 e. The quantitative estimate of drug-likeness (QED) is 0.586. The molecule has 0 N–H and O–H groups in total. The molecule has 1 rings (SSSR count). The van der Waals surface area contributed by atoms with Gasteiger partial charge in [-0.2, -0.15) is 5.26 Å². The summed E-state index contributed by atoms with van der Waals surface area (Å²) >= 11 is 0. The minimum absolute atomic E-state index is 0.119. The van der Waals surface area contributed by atoms with Gasteiger partial charge in [0.05, 0.1) is 6.10 Å². The Morgan fingerprint density at radius 3 is 2.80 bits per heavy atom. The lowest BCUT2D eigenvalue weighted by Crippen LogP contribution is -2.10. The lowest BCUT2D eigenvalue weighted by atomic mass is 10.3. The van der Waals surface area contributed by atoms with Crippen LogP contribution < -0.4 is 0 Å². The van der Waals surface area contributed by atoms with Crippen LogP contribution in [0.2, 0.25) is 0 Å². The van der Waals surface area contributed by atoms with Crippen LogP contribution in [0, 0.1) is 11.3 Å². The van der Waals surface area contributed by atoms with Crippen LogP contribution >= 0.6 is 10.5 Å². The van der Waals surface area contributed by atoms with Crippen molar-refractivity contribution in [2.24, 2.45) is 0 Å². The van der Waals surface area contributed by atoms with Gasteiger partial charge in [-0.05, 0) is 31.2 Å². The number of carbonyl (C=O) groups is 1. The van der Waals surface area contributed by atoms with Crippen LogP contribution in [0.5, 0.6) is 0 Å². The lowest BCUT2D eigenvalue weighted by Gasteiger charge is -2.04. The van der Waals surface area contributed by atoms with Gasteiger partial charge in [-0.25, -0.2) is 4.79 Å². The van der Waals surface area contributed by atoms with Gasteiger partial charge in [-0.1, -0.05) is 0 Å². The summed E-state index contributed by atoms with van der Waals surface area (Å²) < 4.78 is 5.12. The number of aryl methyl sites for hydroxylation is 1. The van der Waals surface area contributed by atoms with Gasteiger partial charge in [0.2, 0.25) is 0 Å². The number of hydrogen-bond acceptors (Lipinski definition) is 3. The van der Waals surface area contributed by atoms with E-state index in [1.54, 1.807) is 6.07 Å². The molecule has 0 radical (unpaired) electrons. The lowest BCUT2D eigenvalue weighted by molar-refractivity contribution is 0.0383. The minimum atomic E-state index is -0.295. The Morgan fingerprint density at radius 1 is 1.67 bits per heavy atom. The fraction of sp³-hybridized carbons (Fsp3) is 0.455. The molecule has 1 heterocycles. The number of nitriles is 1. The van der Waals surface area contributed by atoms with E-state index in [1.165, 1.54) is 0 Å². The highest BCUT2D eigenvalue weighted by Crippen LogP contribution is 2.29. The zero-order valence-corrected chi connectivity index (χ0v) is 9.93. The molecule has 1 aromatic heterocycles. The van der Waals surface area contributed by atoms with Crippen molar-refractivity contribution >= 4 is 16.4 Å². The zero-order chi connectivity index (χ0) is 11.4. The number of nitrogens with zero attached hydrogens (tertiary/aromatic N) is 1. The average molecular weight is 224 g/mol. The van der Waals surface area contributed by atoms with Crippen molar-refractivity contribution in [1.82, 2.24) is 0 Å². The normalized spacial score (nSPS) is 11.3. The molecule has 15 heavy (non-hydrogen) atoms. The summed E-state index contributed by atoms with van der Waals surface area (Å²) in [5.41, 5.74) is 0.566. The van der Waals surface area contributed by atoms with Gasteiger partial charge >= 0.3 is 5.97 Å². The Morgan fingerprint density at radius 2 is 2.33 bits per heavy atom. The summed E-state index contributed by atoms with van der Waals surface area (Å²) in [7, 11) is -0.246. The molecular formula is C11H14NO2S+. The van der Waals surface area contributed by atoms with E-state index in [9.17, 15) is 4.79 Å². The first-order chi connectivity index (χ1) is 7.08. The van der Waals surface area contributed by atoms with Crippen molar-refractivity contribution in [1.29, 1.82) is 5.26 Å². The first-order valence-corrected chi connectivity index (χ1v) is 6.28. The van der Waals surface area contributed by atoms with E-state index in [1.807, 2.05) is 26.2 Å². The molecule has 0 aliphatic carbocycles. The molecule has 0 amide bonds. The van der Waals surface area contributed by atoms with Crippen molar-refractivity contribution in [2.45, 2.75) is 32.6 Å². The molecule has 0 spiro atoms. The van der Waals surface area contributed by atoms with Gasteiger partial charge in [-0.15, -0.1) is 0 Å². The number of rotatable bonds is 3. The second-order valence-corrected chi connectivity index (χ2v) is 5.48. The maximum absolute atomic E-state index is 11.7. The predicted octanol–water partition coefficient (Wildman–Crippen LogP) is 2.89. The van der Waals surface area contributed by atoms with Crippen LogP contribution in [0.3, 0.4) is 0 Å². The average Bonchev–Trinajstić information content (AvgIpc) is 2.59. The second kappa shape index (κ2) is 4.94. The van der Waals surface area contributed by atoms with Gasteiger partial charge in [-0.3, -0.25) is 0 Å². The molecule has 3 nitrogen and oxygen atoms in total. The first-order valence-electron chi connectivity index (χ1n) is 4.82. The van der Waals surface area contributed by atoms with Crippen LogP contribution in [0.4, 0.5) is 0 Å². The number of hydrogen-bond donors (Lipinski definition) is 0. The van der Waals surface area contributed by atoms with E-state index in [0.717, 1.165) is 5.75 Å². The van der Waals surface area contributed by atoms with E-state index < -0.39 is 0 Å². The largest absolute Gasteiger partial charge is 0.456 e. The van der Waals surface area contributed by atoms with Crippen LogP contribution in [-0.4, -0.2) is 12.1 Å². The smallest absolute Gasteiger partial charge is 0.391 e. The molecule has 80 valence electrons. The third-order valence-electron chi connectivity index (χ3n) is 1.82. The van der Waals surface area contributed by atoms with Gasteiger partial charge in [0.1, 0.15) is 17.4 Å². The van der Waals surface area contributed by atoms with E-state index in [4.69, 9.17) is 10.00 Å². The first kappa shape index (κ1) is 11.7. The molecule has 4 heteroatoms. The number of ether oxygens (including phenoxy) is 1. The summed E-state index contributed by atoms with van der Waals surface area (Å²) in [5, 5.41) is 10.6. The Labute approximate surface area is 92.3 Å². The van der Waals surface area contributed by atoms with Crippen LogP contribution in [-0.2, 0) is 10.5 Å². The fourth-order valence-electron chi connectivity index (χ4n) is 1.20. The zero-order valence-electron chi connectivity index (χ0n) is 9.11. The molecule has 0 fully saturated rings. The number of esters is 1. The summed E-state index contributed by atoms with van der Waals surface area (Å²) in [6.07, 6.45) is -0.119. The van der Waals surface area contributed by atoms with Crippen molar-refractivity contribution in [2.75, 3.05) is 0 Å². The van der Waals surface area contributed by atoms with Crippen molar-refractivity contribution < 1.29 is 9.53 Å². The standard InChI is InChI=1S/C11H14NO2S/c1-4-15-7-9(6-12)5-10(15)11(13)14-8(2)3/h5,7-8H,4H2,1-3H3/q+1. The Balaban J connectivity index is 2.97. The molecule has 1 unspecified atom stereocenters. The van der Waals surface area contributed by atoms with Gasteiger partial charge in [0.15, 0.2) is 5.38 Å². The molecule has 0 saturated heterocycles. The maximum Gasteiger partial charge on any atom is 0.391 e. The van der Waals surface area contributed by atoms with Crippen molar-refractivity contribution in [3.8, 4) is 6.07 Å². The van der Waals surface area contributed by atoms with Crippen LogP contribution in [0.15, 0.2) is 11.4 Å². The summed E-state index contributed by atoms with van der Waals surface area (Å²) in [4.78, 5) is 12.3. The van der Waals surface area contributed by atoms with Crippen molar-refractivity contribution in [3.63, 3.8) is 0 Å². The van der Waals surface area contributed by atoms with Gasteiger partial charge in [0, 0.05) is 6.07 Å². The van der Waals surface area contributed by atoms with Crippen LogP contribution in [0.25, 0.3) is 0 Å². The Bertz CT molecular complexity index is 401. The third-order valence-corrected chi connectivity index (χ3v) is 3.83. The number of thiophene rings is 1. The molecular weight excluding hydrogens is 210 g/mol. The molecule has 0 aliphatic heterocycles. The molecule has 1 atom stereocenters. The Hall–Kier alpha value is -1.34. The second-order valence-electron chi connectivity index (χ2n) is 3.37. The van der Waals surface area contributed by atoms with E-state index in [2.05, 4.69) is 6.07 Å². The molecule has 0 aromatic carbocycles. The summed E-state index contributed by atoms with van der Waals surface area (Å²) in [6.45, 7) is 5.63.